The van der Waals surface area contributed by atoms with Gasteiger partial charge in [-0.1, -0.05) is 39.7 Å². The number of allylic oxidation sites excluding steroid dienone is 2. The van der Waals surface area contributed by atoms with Gasteiger partial charge in [0.05, 0.1) is 14.2 Å². The molecule has 2 aromatic carbocycles. The number of carbonyl (C=O) groups is 2. The van der Waals surface area contributed by atoms with Crippen LogP contribution in [-0.2, 0) is 14.3 Å². The summed E-state index contributed by atoms with van der Waals surface area (Å²) in [4.78, 5) is 32.5. The highest BCUT2D eigenvalue weighted by molar-refractivity contribution is 9.10. The van der Waals surface area contributed by atoms with Crippen LogP contribution in [0.15, 0.2) is 57.1 Å². The number of rotatable bonds is 6. The Hall–Kier alpha value is -2.64. The summed E-state index contributed by atoms with van der Waals surface area (Å²) in [6.45, 7) is 1.86. The number of carbonyl (C=O) groups excluding carboxylic acids is 2. The molecule has 1 fully saturated rings. The fourth-order valence-corrected chi connectivity index (χ4v) is 6.72. The van der Waals surface area contributed by atoms with Crippen molar-refractivity contribution in [1.29, 1.82) is 0 Å². The molecule has 1 unspecified atom stereocenters. The maximum atomic E-state index is 13.9. The Morgan fingerprint density at radius 1 is 1.03 bits per heavy atom. The van der Waals surface area contributed by atoms with Crippen molar-refractivity contribution in [3.8, 4) is 11.5 Å². The summed E-state index contributed by atoms with van der Waals surface area (Å²) < 4.78 is 17.8. The molecule has 0 bridgehead atoms. The summed E-state index contributed by atoms with van der Waals surface area (Å²) in [5.74, 6) is -0.521. The predicted molar refractivity (Wildman–Crippen MR) is 150 cm³/mol. The molecule has 38 heavy (non-hydrogen) atoms. The molecule has 0 amide bonds. The lowest BCUT2D eigenvalue weighted by Crippen LogP contribution is -2.39. The highest BCUT2D eigenvalue weighted by atomic mass is 79.9. The van der Waals surface area contributed by atoms with Crippen molar-refractivity contribution in [3.63, 3.8) is 0 Å². The second-order valence-electron chi connectivity index (χ2n) is 10.2. The number of nitrogens with zero attached hydrogens (tertiary/aromatic N) is 1. The Kier molecular flexibility index (Phi) is 7.96. The van der Waals surface area contributed by atoms with Gasteiger partial charge in [0, 0.05) is 38.8 Å². The van der Waals surface area contributed by atoms with E-state index < -0.39 is 11.8 Å². The fourth-order valence-electron chi connectivity index (χ4n) is 6.02. The van der Waals surface area contributed by atoms with Gasteiger partial charge >= 0.3 is 5.97 Å². The highest BCUT2D eigenvalue weighted by Crippen LogP contribution is 2.50. The molecule has 0 N–H and O–H groups in total. The third-order valence-electron chi connectivity index (χ3n) is 7.91. The van der Waals surface area contributed by atoms with E-state index in [1.54, 1.807) is 14.2 Å². The molecular formula is C30H31BrClNO5. The highest BCUT2D eigenvalue weighted by Gasteiger charge is 2.46. The van der Waals surface area contributed by atoms with E-state index in [-0.39, 0.29) is 23.8 Å². The molecule has 1 aliphatic heterocycles. The third kappa shape index (κ3) is 5.15. The number of ether oxygens (including phenoxy) is 3. The molecule has 200 valence electrons. The van der Waals surface area contributed by atoms with E-state index in [2.05, 4.69) is 15.9 Å². The summed E-state index contributed by atoms with van der Waals surface area (Å²) in [5.41, 5.74) is 3.80. The standard InChI is InChI=1S/C30H31BrClNO5/c1-16-27(30(35)38-20-6-4-5-7-20)28(21-14-25(36-2)26(37-3)15-22(21)31)29-23(33-16)12-18(13-24(29)34)17-8-10-19(32)11-9-17/h8-11,14-15,18,20,27-28H,4-7,12-13H2,1-3H3/t18-,27?,28-/m1/s1. The number of benzene rings is 2. The van der Waals surface area contributed by atoms with Gasteiger partial charge in [-0.05, 0) is 80.3 Å². The number of hydrogen-bond donors (Lipinski definition) is 0. The van der Waals surface area contributed by atoms with Crippen molar-refractivity contribution in [2.75, 3.05) is 14.2 Å². The minimum absolute atomic E-state index is 0.00667. The summed E-state index contributed by atoms with van der Waals surface area (Å²) >= 11 is 9.79. The van der Waals surface area contributed by atoms with Gasteiger partial charge in [0.2, 0.25) is 0 Å². The number of Topliss-reactive ketones (excluding diaryl/α,β-unsaturated/α-hetero) is 1. The van der Waals surface area contributed by atoms with Crippen LogP contribution < -0.4 is 9.47 Å². The molecule has 2 aromatic rings. The van der Waals surface area contributed by atoms with Crippen LogP contribution in [0.1, 0.15) is 68.4 Å². The molecule has 0 radical (unpaired) electrons. The number of aliphatic imine (C=N–C) groups is 1. The van der Waals surface area contributed by atoms with Crippen molar-refractivity contribution in [3.05, 3.63) is 68.3 Å². The molecule has 3 aliphatic rings. The first kappa shape index (κ1) is 26.9. The van der Waals surface area contributed by atoms with E-state index >= 15 is 0 Å². The van der Waals surface area contributed by atoms with Crippen LogP contribution in [0.4, 0.5) is 0 Å². The Balaban J connectivity index is 1.60. The Bertz CT molecular complexity index is 1310. The lowest BCUT2D eigenvalue weighted by Gasteiger charge is -2.37. The molecule has 2 aliphatic carbocycles. The van der Waals surface area contributed by atoms with Crippen LogP contribution in [0.2, 0.25) is 5.02 Å². The Morgan fingerprint density at radius 2 is 1.68 bits per heavy atom. The van der Waals surface area contributed by atoms with Crippen LogP contribution in [-0.4, -0.2) is 37.8 Å². The zero-order chi connectivity index (χ0) is 27.0. The Labute approximate surface area is 236 Å². The predicted octanol–water partition coefficient (Wildman–Crippen LogP) is 7.18. The third-order valence-corrected chi connectivity index (χ3v) is 8.85. The maximum absolute atomic E-state index is 13.9. The first-order valence-electron chi connectivity index (χ1n) is 13.0. The molecule has 0 aromatic heterocycles. The van der Waals surface area contributed by atoms with Crippen molar-refractivity contribution in [2.24, 2.45) is 10.9 Å². The lowest BCUT2D eigenvalue weighted by atomic mass is 9.69. The van der Waals surface area contributed by atoms with E-state index in [1.807, 2.05) is 43.3 Å². The van der Waals surface area contributed by atoms with Crippen LogP contribution in [0.25, 0.3) is 0 Å². The number of halogens is 2. The normalized spacial score (nSPS) is 23.7. The molecular weight excluding hydrogens is 570 g/mol. The quantitative estimate of drug-likeness (QED) is 0.328. The average molecular weight is 601 g/mol. The van der Waals surface area contributed by atoms with Gasteiger partial charge in [-0.25, -0.2) is 0 Å². The largest absolute Gasteiger partial charge is 0.493 e. The number of methoxy groups -OCH3 is 2. The zero-order valence-electron chi connectivity index (χ0n) is 21.8. The molecule has 1 heterocycles. The van der Waals surface area contributed by atoms with Gasteiger partial charge in [-0.15, -0.1) is 0 Å². The minimum atomic E-state index is -0.709. The van der Waals surface area contributed by atoms with E-state index in [9.17, 15) is 9.59 Å². The summed E-state index contributed by atoms with van der Waals surface area (Å²) in [6.07, 6.45) is 4.70. The molecule has 8 heteroatoms. The van der Waals surface area contributed by atoms with Gasteiger partial charge in [-0.3, -0.25) is 14.6 Å². The van der Waals surface area contributed by atoms with Crippen molar-refractivity contribution in [2.45, 2.75) is 63.4 Å². The zero-order valence-corrected chi connectivity index (χ0v) is 24.1. The van der Waals surface area contributed by atoms with Crippen molar-refractivity contribution >= 4 is 45.0 Å². The fraction of sp³-hybridized carbons (Fsp3) is 0.433. The van der Waals surface area contributed by atoms with E-state index in [0.717, 1.165) is 47.0 Å². The molecule has 3 atom stereocenters. The number of hydrogen-bond acceptors (Lipinski definition) is 6. The SMILES string of the molecule is COc1cc(Br)c([C@H]2C3=C(C[C@@H](c4ccc(Cl)cc4)CC3=O)N=C(C)C2C(=O)OC2CCCC2)cc1OC. The lowest BCUT2D eigenvalue weighted by molar-refractivity contribution is -0.151. The monoisotopic (exact) mass is 599 g/mol. The van der Waals surface area contributed by atoms with Gasteiger partial charge in [-0.2, -0.15) is 0 Å². The second kappa shape index (κ2) is 11.2. The molecule has 6 nitrogen and oxygen atoms in total. The van der Waals surface area contributed by atoms with Gasteiger partial charge < -0.3 is 14.2 Å². The van der Waals surface area contributed by atoms with Crippen molar-refractivity contribution < 1.29 is 23.8 Å². The molecule has 1 saturated carbocycles. The number of esters is 1. The van der Waals surface area contributed by atoms with Gasteiger partial charge in [0.1, 0.15) is 12.0 Å². The second-order valence-corrected chi connectivity index (χ2v) is 11.5. The molecule has 0 saturated heterocycles. The first-order valence-corrected chi connectivity index (χ1v) is 14.2. The van der Waals surface area contributed by atoms with Crippen molar-refractivity contribution in [1.82, 2.24) is 0 Å². The number of ketones is 1. The van der Waals surface area contributed by atoms with E-state index in [0.29, 0.717) is 40.6 Å². The molecule has 0 spiro atoms. The van der Waals surface area contributed by atoms with Gasteiger partial charge in [0.15, 0.2) is 17.3 Å². The van der Waals surface area contributed by atoms with E-state index in [1.165, 1.54) is 0 Å². The summed E-state index contributed by atoms with van der Waals surface area (Å²) in [7, 11) is 3.15. The first-order chi connectivity index (χ1) is 18.3. The topological polar surface area (TPSA) is 74.2 Å². The Morgan fingerprint density at radius 3 is 2.34 bits per heavy atom. The smallest absolute Gasteiger partial charge is 0.315 e. The van der Waals surface area contributed by atoms with Crippen LogP contribution in [0.5, 0.6) is 11.5 Å². The summed E-state index contributed by atoms with van der Waals surface area (Å²) in [5, 5.41) is 0.657. The van der Waals surface area contributed by atoms with Crippen LogP contribution in [0, 0.1) is 5.92 Å². The average Bonchev–Trinajstić information content (AvgIpc) is 3.41. The summed E-state index contributed by atoms with van der Waals surface area (Å²) in [6, 6.07) is 11.3. The van der Waals surface area contributed by atoms with Crippen LogP contribution in [0.3, 0.4) is 0 Å². The maximum Gasteiger partial charge on any atom is 0.315 e. The molecule has 5 rings (SSSR count). The minimum Gasteiger partial charge on any atom is -0.493 e. The van der Waals surface area contributed by atoms with Crippen LogP contribution >= 0.6 is 27.5 Å². The van der Waals surface area contributed by atoms with Gasteiger partial charge in [0.25, 0.3) is 0 Å². The van der Waals surface area contributed by atoms with E-state index in [4.69, 9.17) is 30.8 Å².